The summed E-state index contributed by atoms with van der Waals surface area (Å²) >= 11 is 0. The van der Waals surface area contributed by atoms with Crippen molar-refractivity contribution in [2.24, 2.45) is 35.1 Å². The molecule has 3 fully saturated rings. The average Bonchev–Trinajstić information content (AvgIpc) is 3.93. The molecule has 1 aromatic rings. The Balaban J connectivity index is 1.87. The first kappa shape index (κ1) is 66.4. The number of amides is 11. The van der Waals surface area contributed by atoms with Crippen molar-refractivity contribution in [1.82, 2.24) is 45.8 Å². The molecule has 0 aliphatic carbocycles. The molecule has 1 aromatic carbocycles. The smallest absolute Gasteiger partial charge is 0.329 e. The minimum atomic E-state index is -1.55. The van der Waals surface area contributed by atoms with Crippen LogP contribution in [0.3, 0.4) is 0 Å². The summed E-state index contributed by atoms with van der Waals surface area (Å²) in [6.07, 6.45) is -0.424. The second-order valence-corrected chi connectivity index (χ2v) is 22.7. The molecule has 3 saturated heterocycles. The van der Waals surface area contributed by atoms with Gasteiger partial charge in [-0.3, -0.25) is 52.7 Å². The van der Waals surface area contributed by atoms with Crippen LogP contribution in [-0.2, 0) is 68.7 Å². The van der Waals surface area contributed by atoms with Gasteiger partial charge in [-0.25, -0.2) is 4.79 Å². The minimum Gasteiger partial charge on any atom is -0.450 e. The van der Waals surface area contributed by atoms with E-state index in [1.165, 1.54) is 30.9 Å². The first-order valence-electron chi connectivity index (χ1n) is 28.6. The highest BCUT2D eigenvalue weighted by atomic mass is 16.6. The van der Waals surface area contributed by atoms with Gasteiger partial charge in [-0.2, -0.15) is 0 Å². The average molecular weight is 1140 g/mol. The molecule has 11 amide bonds. The van der Waals surface area contributed by atoms with Gasteiger partial charge in [0.25, 0.3) is 5.91 Å². The fourth-order valence-electron chi connectivity index (χ4n) is 10.7. The van der Waals surface area contributed by atoms with E-state index in [0.29, 0.717) is 37.7 Å². The molecule has 3 aliphatic rings. The maximum Gasteiger partial charge on any atom is 0.329 e. The van der Waals surface area contributed by atoms with E-state index < -0.39 is 156 Å². The molecule has 0 radical (unpaired) electrons. The number of benzene rings is 1. The molecule has 0 saturated carbocycles. The standard InChI is InChI=1S/C57H89N11O13/c1-12-34(7)46-55(78)68-28-18-17-22-40(68)51(74)62-45(32(3)4)54(77)65(10)41(25-27-43(59)70)57(80)81-48(35(8)13-2)52(75)61-37(30-36-20-15-14-16-21-36)53(76)67-29-19-23-39(67)49(72)60-31-44(71)66(11)47(33(5)6)56(79)64(9)38(50(73)63-46)24-26-42(58)69/h14-16,20-21,32-35,37-41,45-48H,12-13,17-19,22-31H2,1-11H3,(H2,58,69)(H2,59,70)(H,60,72)(H,61,75)(H,62,74)(H,63,73)/t34-,35-,37-,38-,39-,40-,41-,45-,46-,47+,48+/m0/s1. The quantitative estimate of drug-likeness (QED) is 0.139. The number of esters is 1. The lowest BCUT2D eigenvalue weighted by atomic mass is 9.93. The van der Waals surface area contributed by atoms with Crippen LogP contribution in [0.5, 0.6) is 0 Å². The second-order valence-electron chi connectivity index (χ2n) is 22.7. The predicted molar refractivity (Wildman–Crippen MR) is 298 cm³/mol. The number of carbonyl (C=O) groups is 12. The van der Waals surface area contributed by atoms with Gasteiger partial charge in [0.2, 0.25) is 59.1 Å². The number of likely N-dealkylation sites (N-methyl/N-ethyl adjacent to an activating group) is 3. The number of carbonyl (C=O) groups excluding carboxylic acids is 12. The summed E-state index contributed by atoms with van der Waals surface area (Å²) in [4.78, 5) is 176. The molecule has 0 unspecified atom stereocenters. The molecule has 11 atom stereocenters. The van der Waals surface area contributed by atoms with Gasteiger partial charge >= 0.3 is 5.97 Å². The van der Waals surface area contributed by atoms with Crippen molar-refractivity contribution in [3.05, 3.63) is 35.9 Å². The predicted octanol–water partition coefficient (Wildman–Crippen LogP) is 0.513. The van der Waals surface area contributed by atoms with E-state index in [9.17, 15) is 57.5 Å². The Hall–Kier alpha value is -7.14. The zero-order valence-corrected chi connectivity index (χ0v) is 49.2. The maximum atomic E-state index is 14.9. The summed E-state index contributed by atoms with van der Waals surface area (Å²) in [5, 5.41) is 11.1. The highest BCUT2D eigenvalue weighted by molar-refractivity contribution is 5.99. The van der Waals surface area contributed by atoms with Crippen LogP contribution in [0.1, 0.15) is 132 Å². The van der Waals surface area contributed by atoms with Crippen molar-refractivity contribution in [3.63, 3.8) is 0 Å². The monoisotopic (exact) mass is 1140 g/mol. The van der Waals surface area contributed by atoms with E-state index in [1.54, 1.807) is 78.8 Å². The van der Waals surface area contributed by atoms with Gasteiger partial charge < -0.3 is 62.0 Å². The Kier molecular flexibility index (Phi) is 25.1. The highest BCUT2D eigenvalue weighted by Gasteiger charge is 2.45. The van der Waals surface area contributed by atoms with Crippen molar-refractivity contribution >= 4 is 70.9 Å². The van der Waals surface area contributed by atoms with Gasteiger partial charge in [0.15, 0.2) is 6.10 Å². The molecule has 24 nitrogen and oxygen atoms in total. The first-order chi connectivity index (χ1) is 38.2. The molecule has 450 valence electrons. The van der Waals surface area contributed by atoms with Gasteiger partial charge in [-0.05, 0) is 74.7 Å². The fraction of sp³-hybridized carbons (Fsp3) is 0.684. The maximum absolute atomic E-state index is 14.9. The van der Waals surface area contributed by atoms with Crippen LogP contribution in [0.2, 0.25) is 0 Å². The Bertz CT molecular complexity index is 2440. The lowest BCUT2D eigenvalue weighted by Gasteiger charge is -2.40. The Labute approximate surface area is 476 Å². The Morgan fingerprint density at radius 2 is 1.14 bits per heavy atom. The first-order valence-corrected chi connectivity index (χ1v) is 28.6. The molecule has 3 heterocycles. The number of ether oxygens (including phenoxy) is 1. The largest absolute Gasteiger partial charge is 0.450 e. The summed E-state index contributed by atoms with van der Waals surface area (Å²) in [6, 6.07) is -1.43. The van der Waals surface area contributed by atoms with Crippen LogP contribution in [0.25, 0.3) is 0 Å². The number of nitrogens with one attached hydrogen (secondary N) is 4. The third kappa shape index (κ3) is 17.4. The zero-order chi connectivity index (χ0) is 60.6. The fourth-order valence-corrected chi connectivity index (χ4v) is 10.7. The third-order valence-corrected chi connectivity index (χ3v) is 16.1. The Morgan fingerprint density at radius 3 is 1.72 bits per heavy atom. The van der Waals surface area contributed by atoms with E-state index >= 15 is 0 Å². The van der Waals surface area contributed by atoms with Crippen molar-refractivity contribution in [3.8, 4) is 0 Å². The normalized spacial score (nSPS) is 27.0. The number of primary amides is 2. The van der Waals surface area contributed by atoms with Crippen molar-refractivity contribution in [2.45, 2.75) is 187 Å². The van der Waals surface area contributed by atoms with Gasteiger partial charge in [-0.1, -0.05) is 92.1 Å². The molecule has 0 spiro atoms. The number of piperidine rings is 1. The molecular formula is C57H89N11O13. The SMILES string of the molecule is CC[C@H](C)[C@@H]1NC(=O)[C@H](CCC(N)=O)N(C)C(=O)[C@@H](C(C)C)N(C)C(=O)CNC(=O)[C@@H]2CCCN2C(=O)[C@H](Cc2ccccc2)NC(=O)[C@@H]([C@@H](C)CC)OC(=O)[C@H](CCC(N)=O)N(C)C(=O)[C@H](C(C)C)NC(=O)[C@@H]2CCCCN2C1=O. The van der Waals surface area contributed by atoms with E-state index in [2.05, 4.69) is 21.3 Å². The van der Waals surface area contributed by atoms with Crippen LogP contribution < -0.4 is 32.7 Å². The number of hydrogen-bond donors (Lipinski definition) is 6. The summed E-state index contributed by atoms with van der Waals surface area (Å²) in [6.45, 7) is 13.3. The van der Waals surface area contributed by atoms with Gasteiger partial charge in [-0.15, -0.1) is 0 Å². The number of nitrogens with zero attached hydrogens (tertiary/aromatic N) is 5. The number of fused-ring (bicyclic) bond motifs is 2. The summed E-state index contributed by atoms with van der Waals surface area (Å²) in [5.74, 6) is -11.4. The molecule has 0 bridgehead atoms. The van der Waals surface area contributed by atoms with E-state index in [-0.39, 0.29) is 58.0 Å². The lowest BCUT2D eigenvalue weighted by Crippen LogP contribution is -2.63. The third-order valence-electron chi connectivity index (χ3n) is 16.1. The van der Waals surface area contributed by atoms with Crippen molar-refractivity contribution < 1.29 is 62.3 Å². The topological polar surface area (TPSA) is 330 Å². The van der Waals surface area contributed by atoms with Crippen LogP contribution in [0, 0.1) is 23.7 Å². The van der Waals surface area contributed by atoms with Gasteiger partial charge in [0, 0.05) is 59.4 Å². The number of cyclic esters (lactones) is 1. The summed E-state index contributed by atoms with van der Waals surface area (Å²) in [7, 11) is 4.01. The highest BCUT2D eigenvalue weighted by Crippen LogP contribution is 2.26. The van der Waals surface area contributed by atoms with Crippen LogP contribution >= 0.6 is 0 Å². The van der Waals surface area contributed by atoms with Crippen LogP contribution in [-0.4, -0.2) is 191 Å². The Morgan fingerprint density at radius 1 is 0.593 bits per heavy atom. The number of hydrogen-bond acceptors (Lipinski definition) is 13. The van der Waals surface area contributed by atoms with Crippen LogP contribution in [0.15, 0.2) is 30.3 Å². The minimum absolute atomic E-state index is 0.0448. The molecule has 3 aliphatic heterocycles. The number of nitrogens with two attached hydrogens (primary N) is 2. The molecule has 24 heteroatoms. The second kappa shape index (κ2) is 30.6. The lowest BCUT2D eigenvalue weighted by molar-refractivity contribution is -0.167. The van der Waals surface area contributed by atoms with E-state index in [1.807, 2.05) is 6.92 Å². The molecule has 81 heavy (non-hydrogen) atoms. The van der Waals surface area contributed by atoms with Gasteiger partial charge in [0.1, 0.15) is 48.3 Å². The van der Waals surface area contributed by atoms with E-state index in [0.717, 1.165) is 14.7 Å². The molecule has 8 N–H and O–H groups in total. The molecular weight excluding hydrogens is 1050 g/mol. The zero-order valence-electron chi connectivity index (χ0n) is 49.2. The van der Waals surface area contributed by atoms with Crippen LogP contribution in [0.4, 0.5) is 0 Å². The molecule has 0 aromatic heterocycles. The number of rotatable bonds is 14. The summed E-state index contributed by atoms with van der Waals surface area (Å²) < 4.78 is 6.01. The van der Waals surface area contributed by atoms with Crippen molar-refractivity contribution in [2.75, 3.05) is 40.8 Å². The van der Waals surface area contributed by atoms with E-state index in [4.69, 9.17) is 16.2 Å². The summed E-state index contributed by atoms with van der Waals surface area (Å²) in [5.41, 5.74) is 11.8. The van der Waals surface area contributed by atoms with Gasteiger partial charge in [0.05, 0.1) is 6.54 Å². The van der Waals surface area contributed by atoms with Crippen molar-refractivity contribution in [1.29, 1.82) is 0 Å². The molecule has 4 rings (SSSR count).